The molecule has 6 nitrogen and oxygen atoms in total. The van der Waals surface area contributed by atoms with Crippen molar-refractivity contribution in [3.8, 4) is 17.0 Å². The van der Waals surface area contributed by atoms with Crippen LogP contribution >= 0.6 is 0 Å². The molecule has 0 radical (unpaired) electrons. The average Bonchev–Trinajstić information content (AvgIpc) is 2.93. The lowest BCUT2D eigenvalue weighted by molar-refractivity contribution is -0.145. The minimum Gasteiger partial charge on any atom is -0.489 e. The number of hydrogen-bond donors (Lipinski definition) is 0. The van der Waals surface area contributed by atoms with Crippen LogP contribution in [0, 0.1) is 0 Å². The van der Waals surface area contributed by atoms with Gasteiger partial charge in [-0.15, -0.1) is 0 Å². The molecular weight excluding hydrogens is 452 g/mol. The van der Waals surface area contributed by atoms with E-state index in [1.165, 1.54) is 4.90 Å². The first kappa shape index (κ1) is 24.7. The molecular formula is C30H28N2O4. The molecule has 0 N–H and O–H groups in total. The highest BCUT2D eigenvalue weighted by molar-refractivity contribution is 5.90. The number of carbonyl (C=O) groups is 2. The van der Waals surface area contributed by atoms with Gasteiger partial charge in [0, 0.05) is 23.9 Å². The zero-order chi connectivity index (χ0) is 25.2. The number of anilines is 1. The number of benzene rings is 3. The zero-order valence-electron chi connectivity index (χ0n) is 20.1. The lowest BCUT2D eigenvalue weighted by atomic mass is 10.0. The minimum absolute atomic E-state index is 0.233. The van der Waals surface area contributed by atoms with E-state index >= 15 is 0 Å². The Balaban J connectivity index is 1.53. The highest BCUT2D eigenvalue weighted by atomic mass is 16.5. The summed E-state index contributed by atoms with van der Waals surface area (Å²) in [6.45, 7) is 2.47. The highest BCUT2D eigenvalue weighted by Gasteiger charge is 2.28. The summed E-state index contributed by atoms with van der Waals surface area (Å²) in [7, 11) is 0. The van der Waals surface area contributed by atoms with Crippen LogP contribution in [0.5, 0.6) is 5.75 Å². The number of hydrogen-bond acceptors (Lipinski definition) is 5. The zero-order valence-corrected chi connectivity index (χ0v) is 20.1. The predicted octanol–water partition coefficient (Wildman–Crippen LogP) is 5.46. The van der Waals surface area contributed by atoms with Gasteiger partial charge in [0.05, 0.1) is 12.3 Å². The van der Waals surface area contributed by atoms with Gasteiger partial charge in [0.2, 0.25) is 6.41 Å². The molecule has 0 bridgehead atoms. The Labute approximate surface area is 211 Å². The van der Waals surface area contributed by atoms with Crippen LogP contribution in [0.3, 0.4) is 0 Å². The second kappa shape index (κ2) is 12.3. The fourth-order valence-electron chi connectivity index (χ4n) is 3.89. The highest BCUT2D eigenvalue weighted by Crippen LogP contribution is 2.26. The van der Waals surface area contributed by atoms with E-state index in [4.69, 9.17) is 9.47 Å². The summed E-state index contributed by atoms with van der Waals surface area (Å²) in [5.41, 5.74) is 4.13. The van der Waals surface area contributed by atoms with Gasteiger partial charge in [-0.3, -0.25) is 9.78 Å². The van der Waals surface area contributed by atoms with Crippen molar-refractivity contribution in [2.75, 3.05) is 11.5 Å². The standard InChI is InChI=1S/C30H28N2O4/c1-2-35-30(34)29(19-23-9-5-3-6-10-23)32(22-33)26-17-18-31-28(20-26)25-13-15-27(16-14-25)36-21-24-11-7-4-8-12-24/h3-18,20,22,29H,2,19,21H2,1H3. The van der Waals surface area contributed by atoms with E-state index in [-0.39, 0.29) is 6.61 Å². The predicted molar refractivity (Wildman–Crippen MR) is 140 cm³/mol. The molecule has 0 aliphatic carbocycles. The second-order valence-electron chi connectivity index (χ2n) is 8.17. The molecule has 0 aliphatic heterocycles. The summed E-state index contributed by atoms with van der Waals surface area (Å²) in [5.74, 6) is 0.297. The van der Waals surface area contributed by atoms with Crippen molar-refractivity contribution in [3.63, 3.8) is 0 Å². The quantitative estimate of drug-likeness (QED) is 0.210. The molecule has 3 aromatic carbocycles. The van der Waals surface area contributed by atoms with Crippen LogP contribution in [-0.4, -0.2) is 30.0 Å². The monoisotopic (exact) mass is 480 g/mol. The topological polar surface area (TPSA) is 68.7 Å². The van der Waals surface area contributed by atoms with E-state index < -0.39 is 12.0 Å². The molecule has 1 unspecified atom stereocenters. The van der Waals surface area contributed by atoms with Gasteiger partial charge in [0.25, 0.3) is 0 Å². The SMILES string of the molecule is CCOC(=O)C(Cc1ccccc1)N(C=O)c1ccnc(-c2ccc(OCc3ccccc3)cc2)c1. The molecule has 4 aromatic rings. The molecule has 0 aliphatic rings. The first-order valence-electron chi connectivity index (χ1n) is 11.9. The van der Waals surface area contributed by atoms with Crippen molar-refractivity contribution < 1.29 is 19.1 Å². The summed E-state index contributed by atoms with van der Waals surface area (Å²) in [6.07, 6.45) is 2.64. The number of nitrogens with zero attached hydrogens (tertiary/aromatic N) is 2. The van der Waals surface area contributed by atoms with Gasteiger partial charge < -0.3 is 14.4 Å². The maximum Gasteiger partial charge on any atom is 0.329 e. The van der Waals surface area contributed by atoms with Gasteiger partial charge in [0.15, 0.2) is 0 Å². The van der Waals surface area contributed by atoms with E-state index in [0.29, 0.717) is 30.8 Å². The fourth-order valence-corrected chi connectivity index (χ4v) is 3.89. The maximum absolute atomic E-state index is 12.8. The van der Waals surface area contributed by atoms with Crippen LogP contribution in [-0.2, 0) is 27.4 Å². The molecule has 1 aromatic heterocycles. The van der Waals surface area contributed by atoms with E-state index in [9.17, 15) is 9.59 Å². The number of pyridine rings is 1. The van der Waals surface area contributed by atoms with Crippen LogP contribution in [0.4, 0.5) is 5.69 Å². The second-order valence-corrected chi connectivity index (χ2v) is 8.17. The van der Waals surface area contributed by atoms with Gasteiger partial charge in [-0.05, 0) is 54.4 Å². The number of carbonyl (C=O) groups excluding carboxylic acids is 2. The fraction of sp³-hybridized carbons (Fsp3) is 0.167. The van der Waals surface area contributed by atoms with Gasteiger partial charge in [-0.25, -0.2) is 4.79 Å². The van der Waals surface area contributed by atoms with E-state index in [2.05, 4.69) is 4.98 Å². The number of amides is 1. The van der Waals surface area contributed by atoms with Gasteiger partial charge in [0.1, 0.15) is 18.4 Å². The molecule has 1 amide bonds. The van der Waals surface area contributed by atoms with Crippen LogP contribution < -0.4 is 9.64 Å². The van der Waals surface area contributed by atoms with E-state index in [1.54, 1.807) is 25.3 Å². The van der Waals surface area contributed by atoms with Crippen LogP contribution in [0.1, 0.15) is 18.1 Å². The molecule has 1 atom stereocenters. The lowest BCUT2D eigenvalue weighted by Crippen LogP contribution is -2.43. The summed E-state index contributed by atoms with van der Waals surface area (Å²) >= 11 is 0. The van der Waals surface area contributed by atoms with Crippen molar-refractivity contribution in [3.05, 3.63) is 114 Å². The van der Waals surface area contributed by atoms with E-state index in [1.807, 2.05) is 84.9 Å². The Hall–Kier alpha value is -4.45. The number of ether oxygens (including phenoxy) is 2. The van der Waals surface area contributed by atoms with Gasteiger partial charge in [-0.2, -0.15) is 0 Å². The Morgan fingerprint density at radius 2 is 1.58 bits per heavy atom. The third-order valence-electron chi connectivity index (χ3n) is 5.72. The molecule has 4 rings (SSSR count). The van der Waals surface area contributed by atoms with Crippen LogP contribution in [0.25, 0.3) is 11.3 Å². The molecule has 0 spiro atoms. The third-order valence-corrected chi connectivity index (χ3v) is 5.72. The molecule has 1 heterocycles. The lowest BCUT2D eigenvalue weighted by Gasteiger charge is -2.27. The number of esters is 1. The minimum atomic E-state index is -0.797. The van der Waals surface area contributed by atoms with Crippen LogP contribution in [0.15, 0.2) is 103 Å². The Bertz CT molecular complexity index is 1260. The molecule has 6 heteroatoms. The third kappa shape index (κ3) is 6.36. The van der Waals surface area contributed by atoms with Crippen LogP contribution in [0.2, 0.25) is 0 Å². The summed E-state index contributed by atoms with van der Waals surface area (Å²) in [5, 5.41) is 0. The first-order valence-corrected chi connectivity index (χ1v) is 11.9. The molecule has 182 valence electrons. The Morgan fingerprint density at radius 1 is 0.917 bits per heavy atom. The molecule has 0 fully saturated rings. The van der Waals surface area contributed by atoms with Gasteiger partial charge in [-0.1, -0.05) is 60.7 Å². The summed E-state index contributed by atoms with van der Waals surface area (Å²) < 4.78 is 11.2. The smallest absolute Gasteiger partial charge is 0.329 e. The Morgan fingerprint density at radius 3 is 2.22 bits per heavy atom. The van der Waals surface area contributed by atoms with Crippen molar-refractivity contribution in [1.82, 2.24) is 4.98 Å². The summed E-state index contributed by atoms with van der Waals surface area (Å²) in [4.78, 5) is 30.9. The Kier molecular flexibility index (Phi) is 8.44. The van der Waals surface area contributed by atoms with Crippen molar-refractivity contribution in [2.24, 2.45) is 0 Å². The van der Waals surface area contributed by atoms with E-state index in [0.717, 1.165) is 22.4 Å². The molecule has 36 heavy (non-hydrogen) atoms. The summed E-state index contributed by atoms with van der Waals surface area (Å²) in [6, 6.07) is 29.9. The van der Waals surface area contributed by atoms with Crippen molar-refractivity contribution in [1.29, 1.82) is 0 Å². The number of rotatable bonds is 11. The normalized spacial score (nSPS) is 11.4. The first-order chi connectivity index (χ1) is 17.7. The van der Waals surface area contributed by atoms with Crippen molar-refractivity contribution in [2.45, 2.75) is 26.0 Å². The average molecular weight is 481 g/mol. The van der Waals surface area contributed by atoms with Gasteiger partial charge >= 0.3 is 5.97 Å². The number of aromatic nitrogens is 1. The molecule has 0 saturated heterocycles. The molecule has 0 saturated carbocycles. The largest absolute Gasteiger partial charge is 0.489 e. The van der Waals surface area contributed by atoms with Crippen molar-refractivity contribution >= 4 is 18.1 Å². The maximum atomic E-state index is 12.8.